The summed E-state index contributed by atoms with van der Waals surface area (Å²) in [6.45, 7) is 8.10. The molecule has 0 fully saturated rings. The molecule has 2 rings (SSSR count). The predicted octanol–water partition coefficient (Wildman–Crippen LogP) is 4.82. The van der Waals surface area contributed by atoms with Crippen molar-refractivity contribution in [1.82, 2.24) is 0 Å². The van der Waals surface area contributed by atoms with E-state index in [9.17, 15) is 0 Å². The van der Waals surface area contributed by atoms with Crippen molar-refractivity contribution < 1.29 is 0 Å². The Kier molecular flexibility index (Phi) is 3.99. The lowest BCUT2D eigenvalue weighted by molar-refractivity contribution is 1.14. The highest BCUT2D eigenvalue weighted by Crippen LogP contribution is 2.40. The fourth-order valence-electron chi connectivity index (χ4n) is 1.89. The van der Waals surface area contributed by atoms with Gasteiger partial charge in [-0.2, -0.15) is 0 Å². The molecule has 1 aromatic carbocycles. The standard InChI is InChI=1S/C18H19/c1-4-16(11-10-14(2)3)18-13-17(18)12-15-8-6-5-7-9-15/h4-11,13H,1,12H2,2-3H3/b16-11+. The second kappa shape index (κ2) is 5.68. The molecular formula is C18H19. The Morgan fingerprint density at radius 1 is 1.11 bits per heavy atom. The molecule has 0 nitrogen and oxygen atoms in total. The summed E-state index contributed by atoms with van der Waals surface area (Å²) >= 11 is 0. The average Bonchev–Trinajstić information content (AvgIpc) is 3.10. The Morgan fingerprint density at radius 3 is 2.44 bits per heavy atom. The summed E-state index contributed by atoms with van der Waals surface area (Å²) in [5, 5.41) is 0. The summed E-state index contributed by atoms with van der Waals surface area (Å²) in [4.78, 5) is 0. The molecule has 0 aromatic heterocycles. The molecule has 0 bridgehead atoms. The summed E-state index contributed by atoms with van der Waals surface area (Å²) in [5.41, 5.74) is 5.25. The molecule has 1 aromatic rings. The highest BCUT2D eigenvalue weighted by molar-refractivity contribution is 5.66. The van der Waals surface area contributed by atoms with Crippen LogP contribution in [0.5, 0.6) is 0 Å². The first-order valence-corrected chi connectivity index (χ1v) is 6.30. The predicted molar refractivity (Wildman–Crippen MR) is 79.2 cm³/mol. The minimum Gasteiger partial charge on any atom is -0.0985 e. The van der Waals surface area contributed by atoms with Crippen molar-refractivity contribution in [1.29, 1.82) is 0 Å². The average molecular weight is 235 g/mol. The fraction of sp³-hybridized carbons (Fsp3) is 0.167. The quantitative estimate of drug-likeness (QED) is 0.642. The monoisotopic (exact) mass is 235 g/mol. The van der Waals surface area contributed by atoms with Gasteiger partial charge >= 0.3 is 0 Å². The Balaban J connectivity index is 1.98. The maximum absolute atomic E-state index is 3.89. The number of hydrogen-bond donors (Lipinski definition) is 0. The first-order valence-electron chi connectivity index (χ1n) is 6.30. The highest BCUT2D eigenvalue weighted by Gasteiger charge is 2.27. The van der Waals surface area contributed by atoms with E-state index >= 15 is 0 Å². The number of benzene rings is 1. The minimum absolute atomic E-state index is 1.02. The van der Waals surface area contributed by atoms with Gasteiger partial charge in [0.2, 0.25) is 0 Å². The van der Waals surface area contributed by atoms with Crippen molar-refractivity contribution in [2.45, 2.75) is 20.3 Å². The Labute approximate surface area is 110 Å². The zero-order valence-electron chi connectivity index (χ0n) is 11.1. The third-order valence-corrected chi connectivity index (χ3v) is 2.95. The molecule has 0 spiro atoms. The maximum Gasteiger partial charge on any atom is 0.0317 e. The highest BCUT2D eigenvalue weighted by atomic mass is 14.3. The van der Waals surface area contributed by atoms with E-state index in [1.54, 1.807) is 0 Å². The van der Waals surface area contributed by atoms with Crippen molar-refractivity contribution in [3.8, 4) is 0 Å². The van der Waals surface area contributed by atoms with Crippen molar-refractivity contribution >= 4 is 0 Å². The lowest BCUT2D eigenvalue weighted by Crippen LogP contribution is -1.89. The van der Waals surface area contributed by atoms with Gasteiger partial charge in [-0.25, -0.2) is 0 Å². The fourth-order valence-corrected chi connectivity index (χ4v) is 1.89. The topological polar surface area (TPSA) is 0 Å². The third-order valence-electron chi connectivity index (χ3n) is 2.95. The van der Waals surface area contributed by atoms with Crippen molar-refractivity contribution in [2.75, 3.05) is 0 Å². The molecule has 91 valence electrons. The van der Waals surface area contributed by atoms with E-state index in [1.165, 1.54) is 28.2 Å². The Bertz CT molecular complexity index is 508. The van der Waals surface area contributed by atoms with E-state index < -0.39 is 0 Å². The first kappa shape index (κ1) is 12.6. The zero-order chi connectivity index (χ0) is 13.0. The van der Waals surface area contributed by atoms with Crippen LogP contribution in [-0.2, 0) is 6.42 Å². The summed E-state index contributed by atoms with van der Waals surface area (Å²) in [6, 6.07) is 10.6. The number of rotatable bonds is 5. The van der Waals surface area contributed by atoms with Gasteiger partial charge in [-0.05, 0) is 37.0 Å². The lowest BCUT2D eigenvalue weighted by Gasteiger charge is -2.01. The Morgan fingerprint density at radius 2 is 1.83 bits per heavy atom. The number of hydrogen-bond acceptors (Lipinski definition) is 0. The van der Waals surface area contributed by atoms with Gasteiger partial charge in [-0.3, -0.25) is 0 Å². The van der Waals surface area contributed by atoms with E-state index in [-0.39, 0.29) is 0 Å². The number of allylic oxidation sites excluding steroid dienone is 7. The van der Waals surface area contributed by atoms with Gasteiger partial charge in [0.25, 0.3) is 0 Å². The normalized spacial score (nSPS) is 15.0. The minimum atomic E-state index is 1.02. The van der Waals surface area contributed by atoms with Crippen LogP contribution in [0, 0.1) is 5.92 Å². The molecule has 0 N–H and O–H groups in total. The first-order chi connectivity index (χ1) is 8.70. The van der Waals surface area contributed by atoms with Crippen LogP contribution in [0.1, 0.15) is 19.4 Å². The van der Waals surface area contributed by atoms with Crippen molar-refractivity contribution in [3.63, 3.8) is 0 Å². The maximum atomic E-state index is 3.89. The molecule has 1 radical (unpaired) electrons. The molecule has 0 aliphatic heterocycles. The van der Waals surface area contributed by atoms with Crippen LogP contribution in [0.4, 0.5) is 0 Å². The molecule has 0 atom stereocenters. The smallest absolute Gasteiger partial charge is 0.0317 e. The van der Waals surface area contributed by atoms with Crippen LogP contribution >= 0.6 is 0 Å². The van der Waals surface area contributed by atoms with Gasteiger partial charge in [0.15, 0.2) is 0 Å². The van der Waals surface area contributed by atoms with E-state index in [2.05, 4.69) is 69.0 Å². The molecule has 0 heteroatoms. The molecule has 0 amide bonds. The SMILES string of the molecule is C=C/C(=C\C=C(C)C)C1=C[C]1Cc1ccccc1. The molecule has 0 saturated heterocycles. The van der Waals surface area contributed by atoms with Crippen LogP contribution in [0.25, 0.3) is 0 Å². The van der Waals surface area contributed by atoms with Crippen LogP contribution < -0.4 is 0 Å². The van der Waals surface area contributed by atoms with E-state index in [0.717, 1.165) is 6.42 Å². The van der Waals surface area contributed by atoms with Crippen LogP contribution in [-0.4, -0.2) is 0 Å². The zero-order valence-corrected chi connectivity index (χ0v) is 11.1. The van der Waals surface area contributed by atoms with Gasteiger partial charge in [0.05, 0.1) is 0 Å². The third kappa shape index (κ3) is 3.33. The molecule has 18 heavy (non-hydrogen) atoms. The van der Waals surface area contributed by atoms with Crippen LogP contribution in [0.3, 0.4) is 0 Å². The summed E-state index contributed by atoms with van der Waals surface area (Å²) in [5.74, 6) is 1.43. The van der Waals surface area contributed by atoms with E-state index in [4.69, 9.17) is 0 Å². The van der Waals surface area contributed by atoms with Gasteiger partial charge in [-0.1, -0.05) is 66.8 Å². The van der Waals surface area contributed by atoms with E-state index in [1.807, 2.05) is 6.08 Å². The van der Waals surface area contributed by atoms with E-state index in [0.29, 0.717) is 0 Å². The second-order valence-electron chi connectivity index (χ2n) is 4.82. The molecule has 1 aliphatic carbocycles. The largest absolute Gasteiger partial charge is 0.0985 e. The Hall–Kier alpha value is -1.82. The van der Waals surface area contributed by atoms with Crippen LogP contribution in [0.15, 0.2) is 77.9 Å². The molecule has 1 aliphatic rings. The summed E-state index contributed by atoms with van der Waals surface area (Å²) < 4.78 is 0. The lowest BCUT2D eigenvalue weighted by atomic mass is 10.0. The van der Waals surface area contributed by atoms with Gasteiger partial charge in [0.1, 0.15) is 0 Å². The van der Waals surface area contributed by atoms with Crippen molar-refractivity contribution in [3.05, 3.63) is 89.4 Å². The second-order valence-corrected chi connectivity index (χ2v) is 4.82. The molecule has 0 heterocycles. The molecule has 0 saturated carbocycles. The van der Waals surface area contributed by atoms with Crippen LogP contribution in [0.2, 0.25) is 0 Å². The molecular weight excluding hydrogens is 216 g/mol. The van der Waals surface area contributed by atoms with Gasteiger partial charge in [-0.15, -0.1) is 0 Å². The molecule has 0 unspecified atom stereocenters. The van der Waals surface area contributed by atoms with Gasteiger partial charge in [0, 0.05) is 5.92 Å². The van der Waals surface area contributed by atoms with Gasteiger partial charge < -0.3 is 0 Å². The summed E-state index contributed by atoms with van der Waals surface area (Å²) in [6.07, 6.45) is 9.49. The summed E-state index contributed by atoms with van der Waals surface area (Å²) in [7, 11) is 0. The van der Waals surface area contributed by atoms with Crippen molar-refractivity contribution in [2.24, 2.45) is 0 Å².